The number of hydrogen-bond acceptors (Lipinski definition) is 4. The maximum atomic E-state index is 12.7. The largest absolute Gasteiger partial charge is 0.298 e. The summed E-state index contributed by atoms with van der Waals surface area (Å²) >= 11 is 1.33. The van der Waals surface area contributed by atoms with E-state index >= 15 is 0 Å². The van der Waals surface area contributed by atoms with Crippen molar-refractivity contribution in [1.82, 2.24) is 9.21 Å². The maximum Gasteiger partial charge on any atom is 0.252 e. The fourth-order valence-electron chi connectivity index (χ4n) is 3.72. The van der Waals surface area contributed by atoms with E-state index in [1.54, 1.807) is 10.4 Å². The van der Waals surface area contributed by atoms with Crippen molar-refractivity contribution in [3.05, 3.63) is 17.5 Å². The van der Waals surface area contributed by atoms with E-state index in [4.69, 9.17) is 0 Å². The molecule has 0 radical (unpaired) electrons. The molecule has 0 amide bonds. The summed E-state index contributed by atoms with van der Waals surface area (Å²) in [7, 11) is -3.26. The van der Waals surface area contributed by atoms with E-state index < -0.39 is 10.0 Å². The lowest BCUT2D eigenvalue weighted by atomic mass is 10.1. The topological polar surface area (TPSA) is 40.6 Å². The van der Waals surface area contributed by atoms with Crippen molar-refractivity contribution >= 4 is 21.4 Å². The third-order valence-corrected chi connectivity index (χ3v) is 8.19. The highest BCUT2D eigenvalue weighted by Gasteiger charge is 2.48. The van der Waals surface area contributed by atoms with Crippen molar-refractivity contribution in [3.63, 3.8) is 0 Å². The molecule has 110 valence electrons. The standard InChI is InChI=1S/C14H20N2O2S2/c17-20(18,14-2-1-9-19-14)16-8-6-12-13(16)5-7-15(12)10-11-3-4-11/h1-2,9,11-13H,3-8,10H2/t12-,13+/m1/s1. The fourth-order valence-corrected chi connectivity index (χ4v) is 6.54. The number of hydrogen-bond donors (Lipinski definition) is 0. The van der Waals surface area contributed by atoms with Gasteiger partial charge in [0.15, 0.2) is 0 Å². The van der Waals surface area contributed by atoms with Gasteiger partial charge in [0, 0.05) is 31.7 Å². The molecule has 20 heavy (non-hydrogen) atoms. The van der Waals surface area contributed by atoms with Gasteiger partial charge in [-0.2, -0.15) is 4.31 Å². The van der Waals surface area contributed by atoms with E-state index in [2.05, 4.69) is 4.90 Å². The summed E-state index contributed by atoms with van der Waals surface area (Å²) < 4.78 is 27.7. The molecule has 4 nitrogen and oxygen atoms in total. The lowest BCUT2D eigenvalue weighted by Gasteiger charge is -2.24. The molecule has 0 unspecified atom stereocenters. The first-order chi connectivity index (χ1) is 9.66. The third kappa shape index (κ3) is 2.13. The van der Waals surface area contributed by atoms with Gasteiger partial charge in [-0.15, -0.1) is 11.3 Å². The maximum absolute atomic E-state index is 12.7. The van der Waals surface area contributed by atoms with Crippen LogP contribution in [0.4, 0.5) is 0 Å². The second kappa shape index (κ2) is 4.80. The summed E-state index contributed by atoms with van der Waals surface area (Å²) in [4.78, 5) is 2.55. The highest BCUT2D eigenvalue weighted by Crippen LogP contribution is 2.39. The summed E-state index contributed by atoms with van der Waals surface area (Å²) in [6, 6.07) is 4.22. The Balaban J connectivity index is 1.54. The third-order valence-electron chi connectivity index (χ3n) is 4.89. The zero-order valence-corrected chi connectivity index (χ0v) is 13.1. The average molecular weight is 312 g/mol. The zero-order valence-electron chi connectivity index (χ0n) is 11.4. The smallest absolute Gasteiger partial charge is 0.252 e. The van der Waals surface area contributed by atoms with Crippen LogP contribution >= 0.6 is 11.3 Å². The minimum absolute atomic E-state index is 0.209. The Morgan fingerprint density at radius 3 is 2.65 bits per heavy atom. The summed E-state index contributed by atoms with van der Waals surface area (Å²) in [5.74, 6) is 0.886. The second-order valence-electron chi connectivity index (χ2n) is 6.20. The van der Waals surface area contributed by atoms with Gasteiger partial charge in [-0.1, -0.05) is 6.07 Å². The number of sulfonamides is 1. The summed E-state index contributed by atoms with van der Waals surface area (Å²) in [6.45, 7) is 2.95. The Morgan fingerprint density at radius 1 is 1.15 bits per heavy atom. The van der Waals surface area contributed by atoms with Crippen LogP contribution in [0.3, 0.4) is 0 Å². The van der Waals surface area contributed by atoms with Crippen molar-refractivity contribution in [2.45, 2.75) is 42.0 Å². The van der Waals surface area contributed by atoms with E-state index in [-0.39, 0.29) is 6.04 Å². The Bertz CT molecular complexity index is 580. The van der Waals surface area contributed by atoms with Crippen molar-refractivity contribution in [1.29, 1.82) is 0 Å². The molecule has 2 aliphatic heterocycles. The van der Waals surface area contributed by atoms with Crippen LogP contribution in [0.5, 0.6) is 0 Å². The first kappa shape index (κ1) is 13.2. The van der Waals surface area contributed by atoms with Gasteiger partial charge in [-0.3, -0.25) is 4.90 Å². The molecule has 1 aromatic heterocycles. The summed E-state index contributed by atoms with van der Waals surface area (Å²) in [5.41, 5.74) is 0. The highest BCUT2D eigenvalue weighted by atomic mass is 32.2. The van der Waals surface area contributed by atoms with E-state index in [1.807, 2.05) is 11.4 Å². The molecule has 0 spiro atoms. The Kier molecular flexibility index (Phi) is 3.18. The number of thiophene rings is 1. The van der Waals surface area contributed by atoms with E-state index in [0.717, 1.165) is 25.3 Å². The van der Waals surface area contributed by atoms with E-state index in [1.165, 1.54) is 30.7 Å². The molecule has 1 saturated carbocycles. The van der Waals surface area contributed by atoms with Crippen LogP contribution in [0.25, 0.3) is 0 Å². The zero-order chi connectivity index (χ0) is 13.7. The van der Waals surface area contributed by atoms with Gasteiger partial charge >= 0.3 is 0 Å². The SMILES string of the molecule is O=S(=O)(c1cccs1)N1CC[C@@H]2[C@@H]1CCN2CC1CC1. The fraction of sp³-hybridized carbons (Fsp3) is 0.714. The second-order valence-corrected chi connectivity index (χ2v) is 9.26. The molecule has 3 heterocycles. The molecule has 3 fully saturated rings. The van der Waals surface area contributed by atoms with Crippen LogP contribution < -0.4 is 0 Å². The summed E-state index contributed by atoms with van der Waals surface area (Å²) in [5, 5.41) is 1.84. The predicted molar refractivity (Wildman–Crippen MR) is 79.3 cm³/mol. The Morgan fingerprint density at radius 2 is 1.95 bits per heavy atom. The van der Waals surface area contributed by atoms with Crippen molar-refractivity contribution in [3.8, 4) is 0 Å². The molecular formula is C14H20N2O2S2. The number of rotatable bonds is 4. The summed E-state index contributed by atoms with van der Waals surface area (Å²) in [6.07, 6.45) is 4.74. The molecule has 6 heteroatoms. The normalized spacial score (nSPS) is 31.8. The highest BCUT2D eigenvalue weighted by molar-refractivity contribution is 7.91. The molecule has 1 aliphatic carbocycles. The number of fused-ring (bicyclic) bond motifs is 1. The van der Waals surface area contributed by atoms with Crippen LogP contribution in [0.1, 0.15) is 25.7 Å². The van der Waals surface area contributed by atoms with Crippen LogP contribution in [0.15, 0.2) is 21.7 Å². The number of likely N-dealkylation sites (tertiary alicyclic amines) is 1. The molecule has 2 saturated heterocycles. The van der Waals surface area contributed by atoms with Gasteiger partial charge in [0.05, 0.1) is 0 Å². The molecule has 0 N–H and O–H groups in total. The molecule has 4 rings (SSSR count). The molecule has 1 aromatic rings. The Labute approximate surface area is 124 Å². The van der Waals surface area contributed by atoms with Gasteiger partial charge in [0.1, 0.15) is 4.21 Å². The quantitative estimate of drug-likeness (QED) is 0.854. The minimum Gasteiger partial charge on any atom is -0.298 e. The van der Waals surface area contributed by atoms with Crippen LogP contribution in [-0.4, -0.2) is 49.3 Å². The van der Waals surface area contributed by atoms with Crippen molar-refractivity contribution in [2.24, 2.45) is 5.92 Å². The molecule has 0 bridgehead atoms. The van der Waals surface area contributed by atoms with Crippen molar-refractivity contribution in [2.75, 3.05) is 19.6 Å². The van der Waals surface area contributed by atoms with Gasteiger partial charge in [0.25, 0.3) is 10.0 Å². The Hall–Kier alpha value is -0.430. The average Bonchev–Trinajstić information content (AvgIpc) is 2.88. The van der Waals surface area contributed by atoms with Crippen molar-refractivity contribution < 1.29 is 8.42 Å². The molecular weight excluding hydrogens is 292 g/mol. The van der Waals surface area contributed by atoms with Crippen LogP contribution in [0.2, 0.25) is 0 Å². The first-order valence-electron chi connectivity index (χ1n) is 7.45. The lowest BCUT2D eigenvalue weighted by molar-refractivity contribution is 0.239. The van der Waals surface area contributed by atoms with E-state index in [9.17, 15) is 8.42 Å². The van der Waals surface area contributed by atoms with Crippen LogP contribution in [0, 0.1) is 5.92 Å². The molecule has 2 atom stereocenters. The van der Waals surface area contributed by atoms with Gasteiger partial charge < -0.3 is 0 Å². The molecule has 0 aromatic carbocycles. The van der Waals surface area contributed by atoms with Gasteiger partial charge in [-0.25, -0.2) is 8.42 Å². The predicted octanol–water partition coefficient (Wildman–Crippen LogP) is 2.00. The minimum atomic E-state index is -3.26. The van der Waals surface area contributed by atoms with E-state index in [0.29, 0.717) is 16.8 Å². The number of nitrogens with zero attached hydrogens (tertiary/aromatic N) is 2. The van der Waals surface area contributed by atoms with Gasteiger partial charge in [-0.05, 0) is 43.0 Å². The first-order valence-corrected chi connectivity index (χ1v) is 9.77. The molecule has 3 aliphatic rings. The lowest BCUT2D eigenvalue weighted by Crippen LogP contribution is -2.39. The van der Waals surface area contributed by atoms with Gasteiger partial charge in [0.2, 0.25) is 0 Å². The monoisotopic (exact) mass is 312 g/mol. The van der Waals surface area contributed by atoms with Crippen LogP contribution in [-0.2, 0) is 10.0 Å².